The Bertz CT molecular complexity index is 668. The minimum absolute atomic E-state index is 0.227. The SMILES string of the molecule is CC1(c2cccs2)NC(=O)N(Cc2ccc(Cl)s2)C1=O. The van der Waals surface area contributed by atoms with Crippen LogP contribution < -0.4 is 5.32 Å². The van der Waals surface area contributed by atoms with Crippen molar-refractivity contribution in [1.29, 1.82) is 0 Å². The molecule has 3 amide bonds. The van der Waals surface area contributed by atoms with Crippen LogP contribution >= 0.6 is 34.3 Å². The molecule has 1 aliphatic heterocycles. The number of halogens is 1. The summed E-state index contributed by atoms with van der Waals surface area (Å²) in [7, 11) is 0. The van der Waals surface area contributed by atoms with Gasteiger partial charge in [0.2, 0.25) is 0 Å². The van der Waals surface area contributed by atoms with E-state index < -0.39 is 5.54 Å². The first-order valence-corrected chi connectivity index (χ1v) is 8.00. The third-order valence-electron chi connectivity index (χ3n) is 3.23. The molecule has 0 aliphatic carbocycles. The number of imide groups is 1. The van der Waals surface area contributed by atoms with Crippen molar-refractivity contribution in [3.05, 3.63) is 43.7 Å². The Morgan fingerprint density at radius 3 is 2.75 bits per heavy atom. The maximum atomic E-state index is 12.6. The summed E-state index contributed by atoms with van der Waals surface area (Å²) >= 11 is 8.70. The Balaban J connectivity index is 1.87. The minimum atomic E-state index is -0.966. The van der Waals surface area contributed by atoms with E-state index in [-0.39, 0.29) is 18.5 Å². The van der Waals surface area contributed by atoms with Gasteiger partial charge in [-0.15, -0.1) is 22.7 Å². The summed E-state index contributed by atoms with van der Waals surface area (Å²) in [6, 6.07) is 6.95. The maximum absolute atomic E-state index is 12.6. The fraction of sp³-hybridized carbons (Fsp3) is 0.231. The number of thiophene rings is 2. The van der Waals surface area contributed by atoms with Gasteiger partial charge in [0.15, 0.2) is 5.54 Å². The summed E-state index contributed by atoms with van der Waals surface area (Å²) < 4.78 is 0.646. The molecule has 3 rings (SSSR count). The summed E-state index contributed by atoms with van der Waals surface area (Å²) in [5.74, 6) is -0.227. The van der Waals surface area contributed by atoms with Gasteiger partial charge in [-0.05, 0) is 30.5 Å². The molecule has 7 heteroatoms. The lowest BCUT2D eigenvalue weighted by molar-refractivity contribution is -0.131. The molecule has 0 bridgehead atoms. The zero-order valence-corrected chi connectivity index (χ0v) is 12.9. The zero-order chi connectivity index (χ0) is 14.3. The quantitative estimate of drug-likeness (QED) is 0.878. The van der Waals surface area contributed by atoms with Gasteiger partial charge in [-0.1, -0.05) is 17.7 Å². The molecule has 2 aromatic rings. The number of amides is 3. The van der Waals surface area contributed by atoms with Crippen LogP contribution in [-0.2, 0) is 16.9 Å². The lowest BCUT2D eigenvalue weighted by atomic mass is 10.0. The number of hydrogen-bond donors (Lipinski definition) is 1. The van der Waals surface area contributed by atoms with Gasteiger partial charge in [0.25, 0.3) is 5.91 Å². The predicted molar refractivity (Wildman–Crippen MR) is 80.1 cm³/mol. The van der Waals surface area contributed by atoms with E-state index >= 15 is 0 Å². The van der Waals surface area contributed by atoms with Gasteiger partial charge in [-0.2, -0.15) is 0 Å². The largest absolute Gasteiger partial charge is 0.325 e. The number of nitrogens with one attached hydrogen (secondary N) is 1. The number of urea groups is 1. The monoisotopic (exact) mass is 326 g/mol. The molecular weight excluding hydrogens is 316 g/mol. The van der Waals surface area contributed by atoms with Crippen LogP contribution in [0.5, 0.6) is 0 Å². The van der Waals surface area contributed by atoms with E-state index in [9.17, 15) is 9.59 Å². The van der Waals surface area contributed by atoms with Crippen LogP contribution in [0.2, 0.25) is 4.34 Å². The van der Waals surface area contributed by atoms with Crippen molar-refractivity contribution >= 4 is 46.2 Å². The highest BCUT2D eigenvalue weighted by atomic mass is 35.5. The lowest BCUT2D eigenvalue weighted by Gasteiger charge is -2.19. The Morgan fingerprint density at radius 1 is 1.35 bits per heavy atom. The standard InChI is InChI=1S/C13H11ClN2O2S2/c1-13(9-3-2-6-19-9)11(17)16(12(18)15-13)7-8-4-5-10(14)20-8/h2-6H,7H2,1H3,(H,15,18). The van der Waals surface area contributed by atoms with Gasteiger partial charge < -0.3 is 5.32 Å². The summed E-state index contributed by atoms with van der Waals surface area (Å²) in [4.78, 5) is 27.6. The van der Waals surface area contributed by atoms with Gasteiger partial charge in [0.1, 0.15) is 0 Å². The van der Waals surface area contributed by atoms with Gasteiger partial charge in [0.05, 0.1) is 10.9 Å². The van der Waals surface area contributed by atoms with Crippen LogP contribution in [0.15, 0.2) is 29.6 Å². The summed E-state index contributed by atoms with van der Waals surface area (Å²) in [6.45, 7) is 1.99. The number of rotatable bonds is 3. The summed E-state index contributed by atoms with van der Waals surface area (Å²) in [5, 5.41) is 4.67. The average Bonchev–Trinajstić information content (AvgIpc) is 3.09. The van der Waals surface area contributed by atoms with Crippen LogP contribution in [0.1, 0.15) is 16.7 Å². The fourth-order valence-electron chi connectivity index (χ4n) is 2.16. The molecule has 1 N–H and O–H groups in total. The number of carbonyl (C=O) groups is 2. The smallest absolute Gasteiger partial charge is 0.319 e. The molecule has 3 heterocycles. The second-order valence-electron chi connectivity index (χ2n) is 4.63. The molecule has 1 atom stereocenters. The Morgan fingerprint density at radius 2 is 2.15 bits per heavy atom. The molecule has 20 heavy (non-hydrogen) atoms. The number of nitrogens with zero attached hydrogens (tertiary/aromatic N) is 1. The van der Waals surface area contributed by atoms with Crippen molar-refractivity contribution in [2.45, 2.75) is 19.0 Å². The van der Waals surface area contributed by atoms with Crippen LogP contribution in [0, 0.1) is 0 Å². The van der Waals surface area contributed by atoms with Crippen LogP contribution in [-0.4, -0.2) is 16.8 Å². The fourth-order valence-corrected chi connectivity index (χ4v) is 4.07. The number of carbonyl (C=O) groups excluding carboxylic acids is 2. The van der Waals surface area contributed by atoms with E-state index in [1.807, 2.05) is 23.6 Å². The number of hydrogen-bond acceptors (Lipinski definition) is 4. The van der Waals surface area contributed by atoms with Crippen molar-refractivity contribution in [2.24, 2.45) is 0 Å². The highest BCUT2D eigenvalue weighted by Crippen LogP contribution is 2.33. The normalized spacial score (nSPS) is 22.4. The van der Waals surface area contributed by atoms with E-state index in [0.29, 0.717) is 4.34 Å². The molecule has 4 nitrogen and oxygen atoms in total. The second kappa shape index (κ2) is 4.87. The third-order valence-corrected chi connectivity index (χ3v) is 5.54. The molecule has 2 aromatic heterocycles. The van der Waals surface area contributed by atoms with Crippen LogP contribution in [0.4, 0.5) is 4.79 Å². The van der Waals surface area contributed by atoms with Gasteiger partial charge in [0, 0.05) is 9.75 Å². The molecule has 0 radical (unpaired) electrons. The van der Waals surface area contributed by atoms with E-state index in [0.717, 1.165) is 9.75 Å². The van der Waals surface area contributed by atoms with E-state index in [1.54, 1.807) is 13.0 Å². The van der Waals surface area contributed by atoms with E-state index in [1.165, 1.54) is 27.6 Å². The van der Waals surface area contributed by atoms with Crippen LogP contribution in [0.3, 0.4) is 0 Å². The molecule has 1 aliphatic rings. The van der Waals surface area contributed by atoms with Crippen molar-refractivity contribution in [3.8, 4) is 0 Å². The molecular formula is C13H11ClN2O2S2. The van der Waals surface area contributed by atoms with Crippen molar-refractivity contribution in [3.63, 3.8) is 0 Å². The predicted octanol–water partition coefficient (Wildman–Crippen LogP) is 3.43. The van der Waals surface area contributed by atoms with Crippen molar-refractivity contribution in [1.82, 2.24) is 10.2 Å². The Hall–Kier alpha value is -1.37. The second-order valence-corrected chi connectivity index (χ2v) is 7.38. The van der Waals surface area contributed by atoms with Gasteiger partial charge in [-0.3, -0.25) is 9.69 Å². The molecule has 0 aromatic carbocycles. The highest BCUT2D eigenvalue weighted by molar-refractivity contribution is 7.16. The molecule has 1 saturated heterocycles. The molecule has 0 saturated carbocycles. The summed E-state index contributed by atoms with van der Waals surface area (Å²) in [5.41, 5.74) is -0.966. The Kier molecular flexibility index (Phi) is 3.32. The Labute approximate surface area is 129 Å². The van der Waals surface area contributed by atoms with Crippen molar-refractivity contribution in [2.75, 3.05) is 0 Å². The highest BCUT2D eigenvalue weighted by Gasteiger charge is 2.49. The van der Waals surface area contributed by atoms with Crippen LogP contribution in [0.25, 0.3) is 0 Å². The van der Waals surface area contributed by atoms with E-state index in [4.69, 9.17) is 11.6 Å². The van der Waals surface area contributed by atoms with E-state index in [2.05, 4.69) is 5.32 Å². The first-order valence-electron chi connectivity index (χ1n) is 5.93. The summed E-state index contributed by atoms with van der Waals surface area (Å²) in [6.07, 6.45) is 0. The zero-order valence-electron chi connectivity index (χ0n) is 10.6. The molecule has 104 valence electrons. The lowest BCUT2D eigenvalue weighted by Crippen LogP contribution is -2.40. The molecule has 0 spiro atoms. The average molecular weight is 327 g/mol. The minimum Gasteiger partial charge on any atom is -0.319 e. The van der Waals surface area contributed by atoms with Gasteiger partial charge in [-0.25, -0.2) is 4.79 Å². The third kappa shape index (κ3) is 2.13. The first kappa shape index (κ1) is 13.6. The van der Waals surface area contributed by atoms with Crippen molar-refractivity contribution < 1.29 is 9.59 Å². The molecule has 1 unspecified atom stereocenters. The maximum Gasteiger partial charge on any atom is 0.325 e. The topological polar surface area (TPSA) is 49.4 Å². The molecule has 1 fully saturated rings. The van der Waals surface area contributed by atoms with Gasteiger partial charge >= 0.3 is 6.03 Å². The first-order chi connectivity index (χ1) is 9.50.